The van der Waals surface area contributed by atoms with Crippen LogP contribution in [-0.4, -0.2) is 13.7 Å². The molecular weight excluding hydrogens is 176 g/mol. The molecule has 2 N–H and O–H groups in total. The van der Waals surface area contributed by atoms with E-state index < -0.39 is 17.7 Å². The number of benzene rings is 1. The molecule has 1 aromatic rings. The quantitative estimate of drug-likeness (QED) is 0.780. The van der Waals surface area contributed by atoms with Gasteiger partial charge in [-0.05, 0) is 18.2 Å². The van der Waals surface area contributed by atoms with Gasteiger partial charge in [-0.15, -0.1) is 0 Å². The molecule has 0 radical (unpaired) electrons. The summed E-state index contributed by atoms with van der Waals surface area (Å²) < 4.78 is 30.5. The maximum Gasteiger partial charge on any atom is 0.128 e. The first-order chi connectivity index (χ1) is 6.15. The topological polar surface area (TPSA) is 35.2 Å². The number of hydrogen-bond acceptors (Lipinski definition) is 2. The van der Waals surface area contributed by atoms with Crippen LogP contribution in [0.1, 0.15) is 11.6 Å². The lowest BCUT2D eigenvalue weighted by Gasteiger charge is -2.11. The zero-order chi connectivity index (χ0) is 9.84. The number of rotatable bonds is 3. The molecule has 0 aliphatic carbocycles. The van der Waals surface area contributed by atoms with Gasteiger partial charge in [-0.3, -0.25) is 0 Å². The summed E-state index contributed by atoms with van der Waals surface area (Å²) in [4.78, 5) is 0. The van der Waals surface area contributed by atoms with Gasteiger partial charge in [0.15, 0.2) is 0 Å². The number of nitrogens with two attached hydrogens (primary N) is 1. The molecule has 0 fully saturated rings. The smallest absolute Gasteiger partial charge is 0.128 e. The normalized spacial score (nSPS) is 12.9. The van der Waals surface area contributed by atoms with Gasteiger partial charge in [-0.2, -0.15) is 0 Å². The summed E-state index contributed by atoms with van der Waals surface area (Å²) in [5.41, 5.74) is 5.68. The zero-order valence-electron chi connectivity index (χ0n) is 7.26. The van der Waals surface area contributed by atoms with Crippen LogP contribution < -0.4 is 5.73 Å². The minimum Gasteiger partial charge on any atom is -0.383 e. The second-order valence-corrected chi connectivity index (χ2v) is 2.73. The van der Waals surface area contributed by atoms with E-state index in [0.29, 0.717) is 0 Å². The second-order valence-electron chi connectivity index (χ2n) is 2.73. The molecule has 0 aliphatic heterocycles. The monoisotopic (exact) mass is 187 g/mol. The molecule has 1 aromatic carbocycles. The van der Waals surface area contributed by atoms with Crippen molar-refractivity contribution in [3.05, 3.63) is 35.4 Å². The summed E-state index contributed by atoms with van der Waals surface area (Å²) in [5, 5.41) is 0. The van der Waals surface area contributed by atoms with E-state index >= 15 is 0 Å². The fourth-order valence-corrected chi connectivity index (χ4v) is 1.07. The van der Waals surface area contributed by atoms with Gasteiger partial charge in [0, 0.05) is 12.7 Å². The minimum atomic E-state index is -0.624. The first kappa shape index (κ1) is 10.1. The van der Waals surface area contributed by atoms with Crippen LogP contribution in [0.3, 0.4) is 0 Å². The highest BCUT2D eigenvalue weighted by Gasteiger charge is 2.11. The predicted octanol–water partition coefficient (Wildman–Crippen LogP) is 1.61. The third-order valence-corrected chi connectivity index (χ3v) is 1.70. The maximum absolute atomic E-state index is 13.0. The Morgan fingerprint density at radius 2 is 2.15 bits per heavy atom. The van der Waals surface area contributed by atoms with Crippen molar-refractivity contribution in [2.75, 3.05) is 13.7 Å². The third kappa shape index (κ3) is 2.47. The van der Waals surface area contributed by atoms with Gasteiger partial charge in [0.05, 0.1) is 12.6 Å². The van der Waals surface area contributed by atoms with E-state index in [1.165, 1.54) is 7.11 Å². The molecule has 0 aliphatic rings. The van der Waals surface area contributed by atoms with Crippen molar-refractivity contribution in [3.63, 3.8) is 0 Å². The van der Waals surface area contributed by atoms with Gasteiger partial charge in [0.25, 0.3) is 0 Å². The Morgan fingerprint density at radius 1 is 1.46 bits per heavy atom. The van der Waals surface area contributed by atoms with E-state index in [0.717, 1.165) is 18.2 Å². The van der Waals surface area contributed by atoms with Gasteiger partial charge in [0.1, 0.15) is 11.6 Å². The van der Waals surface area contributed by atoms with Crippen molar-refractivity contribution in [3.8, 4) is 0 Å². The van der Waals surface area contributed by atoms with E-state index in [2.05, 4.69) is 0 Å². The first-order valence-electron chi connectivity index (χ1n) is 3.84. The summed E-state index contributed by atoms with van der Waals surface area (Å²) in [6, 6.07) is 2.57. The van der Waals surface area contributed by atoms with Crippen molar-refractivity contribution in [1.29, 1.82) is 0 Å². The summed E-state index contributed by atoms with van der Waals surface area (Å²) in [5.74, 6) is -1.01. The molecule has 72 valence electrons. The summed E-state index contributed by atoms with van der Waals surface area (Å²) in [6.07, 6.45) is 0. The van der Waals surface area contributed by atoms with E-state index in [1.54, 1.807) is 0 Å². The van der Waals surface area contributed by atoms with Gasteiger partial charge in [-0.1, -0.05) is 0 Å². The van der Waals surface area contributed by atoms with Crippen molar-refractivity contribution in [1.82, 2.24) is 0 Å². The molecule has 0 spiro atoms. The molecule has 4 heteroatoms. The van der Waals surface area contributed by atoms with E-state index in [-0.39, 0.29) is 12.2 Å². The van der Waals surface area contributed by atoms with Crippen LogP contribution in [-0.2, 0) is 4.74 Å². The lowest BCUT2D eigenvalue weighted by atomic mass is 10.1. The Bertz CT molecular complexity index is 291. The minimum absolute atomic E-state index is 0.141. The molecule has 1 unspecified atom stereocenters. The van der Waals surface area contributed by atoms with Crippen LogP contribution in [0.5, 0.6) is 0 Å². The molecule has 1 rings (SSSR count). The van der Waals surface area contributed by atoms with E-state index in [4.69, 9.17) is 10.5 Å². The van der Waals surface area contributed by atoms with Crippen LogP contribution in [0.4, 0.5) is 8.78 Å². The predicted molar refractivity (Wildman–Crippen MR) is 45.2 cm³/mol. The van der Waals surface area contributed by atoms with Crippen LogP contribution in [0, 0.1) is 11.6 Å². The average Bonchev–Trinajstić information content (AvgIpc) is 2.09. The number of ether oxygens (including phenoxy) is 1. The molecule has 0 saturated carbocycles. The summed E-state index contributed by atoms with van der Waals surface area (Å²) >= 11 is 0. The Balaban J connectivity index is 2.91. The van der Waals surface area contributed by atoms with Crippen molar-refractivity contribution in [2.24, 2.45) is 5.73 Å². The average molecular weight is 187 g/mol. The molecule has 1 atom stereocenters. The molecule has 0 bridgehead atoms. The summed E-state index contributed by atoms with van der Waals surface area (Å²) in [7, 11) is 1.46. The largest absolute Gasteiger partial charge is 0.383 e. The third-order valence-electron chi connectivity index (χ3n) is 1.70. The fourth-order valence-electron chi connectivity index (χ4n) is 1.07. The molecule has 0 amide bonds. The standard InChI is InChI=1S/C9H11F2NO/c1-13-5-9(12)7-4-6(10)2-3-8(7)11/h2-4,9H,5,12H2,1H3. The molecule has 2 nitrogen and oxygen atoms in total. The van der Waals surface area contributed by atoms with Gasteiger partial charge in [-0.25, -0.2) is 8.78 Å². The summed E-state index contributed by atoms with van der Waals surface area (Å²) in [6.45, 7) is 0.167. The highest BCUT2D eigenvalue weighted by atomic mass is 19.1. The second kappa shape index (κ2) is 4.30. The van der Waals surface area contributed by atoms with Crippen LogP contribution in [0.25, 0.3) is 0 Å². The maximum atomic E-state index is 13.0. The molecule has 0 aromatic heterocycles. The van der Waals surface area contributed by atoms with Gasteiger partial charge >= 0.3 is 0 Å². The number of methoxy groups -OCH3 is 1. The molecule has 0 saturated heterocycles. The lowest BCUT2D eigenvalue weighted by Crippen LogP contribution is -2.17. The van der Waals surface area contributed by atoms with Gasteiger partial charge in [0.2, 0.25) is 0 Å². The zero-order valence-corrected chi connectivity index (χ0v) is 7.26. The van der Waals surface area contributed by atoms with Crippen LogP contribution >= 0.6 is 0 Å². The van der Waals surface area contributed by atoms with Crippen LogP contribution in [0.2, 0.25) is 0 Å². The van der Waals surface area contributed by atoms with E-state index in [1.807, 2.05) is 0 Å². The Labute approximate surface area is 75.3 Å². The fraction of sp³-hybridized carbons (Fsp3) is 0.333. The Kier molecular flexibility index (Phi) is 3.33. The SMILES string of the molecule is COCC(N)c1cc(F)ccc1F. The first-order valence-corrected chi connectivity index (χ1v) is 3.84. The Hall–Kier alpha value is -1.00. The van der Waals surface area contributed by atoms with E-state index in [9.17, 15) is 8.78 Å². The highest BCUT2D eigenvalue weighted by molar-refractivity contribution is 5.21. The van der Waals surface area contributed by atoms with Crippen molar-refractivity contribution < 1.29 is 13.5 Å². The molecule has 0 heterocycles. The van der Waals surface area contributed by atoms with Gasteiger partial charge < -0.3 is 10.5 Å². The van der Waals surface area contributed by atoms with Crippen molar-refractivity contribution in [2.45, 2.75) is 6.04 Å². The number of halogens is 2. The van der Waals surface area contributed by atoms with Crippen molar-refractivity contribution >= 4 is 0 Å². The molecule has 13 heavy (non-hydrogen) atoms. The lowest BCUT2D eigenvalue weighted by molar-refractivity contribution is 0.179. The number of hydrogen-bond donors (Lipinski definition) is 1. The Morgan fingerprint density at radius 3 is 2.77 bits per heavy atom. The molecular formula is C9H11F2NO. The van der Waals surface area contributed by atoms with Crippen LogP contribution in [0.15, 0.2) is 18.2 Å². The highest BCUT2D eigenvalue weighted by Crippen LogP contribution is 2.16.